The SMILES string of the molecule is CCCCCCCCCCCCc1cccc2c(CCCCCCCCCCCC)c(S(=O)(=O)[O-])ccc12.CCCCCCCCCCCCc1cccc2c(CCCCCCCCCCCC)c(S(=O)(=O)[O-])ccc12.[Ca+2]. The van der Waals surface area contributed by atoms with Gasteiger partial charge >= 0.3 is 37.7 Å². The van der Waals surface area contributed by atoms with Gasteiger partial charge < -0.3 is 9.11 Å². The molecule has 4 aromatic rings. The predicted octanol–water partition coefficient (Wildman–Crippen LogP) is 21.0. The topological polar surface area (TPSA) is 114 Å². The molecule has 0 N–H and O–H groups in total. The monoisotopic (exact) mass is 1130 g/mol. The largest absolute Gasteiger partial charge is 2.00 e. The van der Waals surface area contributed by atoms with Crippen molar-refractivity contribution in [2.75, 3.05) is 0 Å². The molecule has 0 aliphatic rings. The normalized spacial score (nSPS) is 11.8. The van der Waals surface area contributed by atoms with Crippen molar-refractivity contribution in [1.29, 1.82) is 0 Å². The van der Waals surface area contributed by atoms with Crippen LogP contribution >= 0.6 is 0 Å². The molecule has 0 spiro atoms. The third-order valence-electron chi connectivity index (χ3n) is 16.1. The van der Waals surface area contributed by atoms with E-state index >= 15 is 0 Å². The Hall–Kier alpha value is -1.52. The fourth-order valence-corrected chi connectivity index (χ4v) is 13.0. The molecule has 77 heavy (non-hydrogen) atoms. The fraction of sp³-hybridized carbons (Fsp3) is 0.706. The van der Waals surface area contributed by atoms with E-state index in [-0.39, 0.29) is 47.5 Å². The molecular weight excluding hydrogens is 1020 g/mol. The molecule has 0 radical (unpaired) electrons. The van der Waals surface area contributed by atoms with Crippen LogP contribution in [0.2, 0.25) is 0 Å². The zero-order chi connectivity index (χ0) is 55.0. The Labute approximate surface area is 504 Å². The third-order valence-corrected chi connectivity index (χ3v) is 18.0. The van der Waals surface area contributed by atoms with Crippen LogP contribution in [-0.4, -0.2) is 63.7 Å². The van der Waals surface area contributed by atoms with Crippen molar-refractivity contribution in [3.63, 3.8) is 0 Å². The average molecular weight is 1130 g/mol. The van der Waals surface area contributed by atoms with Crippen molar-refractivity contribution in [1.82, 2.24) is 0 Å². The number of benzene rings is 4. The molecule has 0 saturated carbocycles. The van der Waals surface area contributed by atoms with E-state index in [2.05, 4.69) is 39.8 Å². The van der Waals surface area contributed by atoms with Gasteiger partial charge in [0.15, 0.2) is 0 Å². The molecule has 0 unspecified atom stereocenters. The van der Waals surface area contributed by atoms with Crippen molar-refractivity contribution in [3.05, 3.63) is 82.9 Å². The minimum atomic E-state index is -4.49. The molecule has 4 rings (SSSR count). The summed E-state index contributed by atoms with van der Waals surface area (Å²) >= 11 is 0. The van der Waals surface area contributed by atoms with Gasteiger partial charge in [0.2, 0.25) is 0 Å². The second-order valence-electron chi connectivity index (χ2n) is 22.7. The number of hydrogen-bond donors (Lipinski definition) is 0. The maximum Gasteiger partial charge on any atom is 2.00 e. The van der Waals surface area contributed by atoms with E-state index in [9.17, 15) is 25.9 Å². The molecule has 0 saturated heterocycles. The molecule has 0 fully saturated rings. The Morgan fingerprint density at radius 3 is 0.727 bits per heavy atom. The molecule has 0 heterocycles. The number of fused-ring (bicyclic) bond motifs is 2. The van der Waals surface area contributed by atoms with Crippen LogP contribution in [0.5, 0.6) is 0 Å². The number of rotatable bonds is 46. The minimum Gasteiger partial charge on any atom is -0.744 e. The minimum absolute atomic E-state index is 0. The van der Waals surface area contributed by atoms with Crippen LogP contribution in [-0.2, 0) is 45.9 Å². The van der Waals surface area contributed by atoms with Gasteiger partial charge in [-0.1, -0.05) is 307 Å². The van der Waals surface area contributed by atoms with Crippen LogP contribution in [0.3, 0.4) is 0 Å². The van der Waals surface area contributed by atoms with Crippen LogP contribution in [0.1, 0.15) is 307 Å². The summed E-state index contributed by atoms with van der Waals surface area (Å²) < 4.78 is 72.5. The van der Waals surface area contributed by atoms with E-state index < -0.39 is 20.2 Å². The van der Waals surface area contributed by atoms with E-state index in [1.54, 1.807) is 12.1 Å². The smallest absolute Gasteiger partial charge is 0.744 e. The zero-order valence-electron chi connectivity index (χ0n) is 49.9. The second kappa shape index (κ2) is 45.1. The maximum absolute atomic E-state index is 12.1. The van der Waals surface area contributed by atoms with Gasteiger partial charge in [0.05, 0.1) is 9.79 Å². The van der Waals surface area contributed by atoms with Crippen LogP contribution in [0.15, 0.2) is 70.5 Å². The first-order valence-electron chi connectivity index (χ1n) is 32.0. The summed E-state index contributed by atoms with van der Waals surface area (Å²) in [5.74, 6) is 0. The van der Waals surface area contributed by atoms with Gasteiger partial charge in [-0.2, -0.15) is 0 Å². The standard InChI is InChI=1S/2C34H56O3S.Ca/c2*1-3-5-7-9-11-13-15-17-19-21-24-30-25-23-27-32-31(30)28-29-34(38(35,36)37)33(32)26-22-20-18-16-14-12-10-8-6-4-2;/h2*23,25,27-29H,3-22,24,26H2,1-2H3,(H,35,36,37);/q;;+2/p-2. The summed E-state index contributed by atoms with van der Waals surface area (Å²) in [7, 11) is -8.98. The van der Waals surface area contributed by atoms with Gasteiger partial charge in [-0.05, 0) is 107 Å². The summed E-state index contributed by atoms with van der Waals surface area (Å²) in [6.45, 7) is 9.03. The Bertz CT molecular complexity index is 2160. The summed E-state index contributed by atoms with van der Waals surface area (Å²) in [5, 5.41) is 4.17. The van der Waals surface area contributed by atoms with Gasteiger partial charge in [-0.3, -0.25) is 0 Å². The Balaban J connectivity index is 0.000000520. The number of aryl methyl sites for hydroxylation is 4. The van der Waals surface area contributed by atoms with Crippen LogP contribution in [0, 0.1) is 0 Å². The molecule has 9 heteroatoms. The molecule has 0 atom stereocenters. The zero-order valence-corrected chi connectivity index (χ0v) is 53.7. The molecule has 0 amide bonds. The average Bonchev–Trinajstić information content (AvgIpc) is 3.40. The van der Waals surface area contributed by atoms with Crippen LogP contribution in [0.25, 0.3) is 21.5 Å². The summed E-state index contributed by atoms with van der Waals surface area (Å²) in [6, 6.07) is 19.3. The molecule has 4 aromatic carbocycles. The van der Waals surface area contributed by atoms with Crippen LogP contribution in [0.4, 0.5) is 0 Å². The van der Waals surface area contributed by atoms with Crippen molar-refractivity contribution in [2.45, 2.75) is 320 Å². The quantitative estimate of drug-likeness (QED) is 0.0247. The van der Waals surface area contributed by atoms with Gasteiger partial charge in [0, 0.05) is 0 Å². The molecule has 0 bridgehead atoms. The summed E-state index contributed by atoms with van der Waals surface area (Å²) in [4.78, 5) is -0.0333. The molecule has 0 aliphatic carbocycles. The molecule has 432 valence electrons. The van der Waals surface area contributed by atoms with Gasteiger partial charge in [-0.15, -0.1) is 0 Å². The van der Waals surface area contributed by atoms with E-state index in [0.717, 1.165) is 84.0 Å². The fourth-order valence-electron chi connectivity index (χ4n) is 11.5. The maximum atomic E-state index is 12.1. The molecular formula is C68H110CaO6S2. The van der Waals surface area contributed by atoms with E-state index in [1.165, 1.54) is 229 Å². The first-order chi connectivity index (χ1) is 37.0. The van der Waals surface area contributed by atoms with E-state index in [4.69, 9.17) is 0 Å². The molecule has 6 nitrogen and oxygen atoms in total. The predicted molar refractivity (Wildman–Crippen MR) is 332 cm³/mol. The van der Waals surface area contributed by atoms with Crippen molar-refractivity contribution >= 4 is 79.5 Å². The summed E-state index contributed by atoms with van der Waals surface area (Å²) in [6.07, 6.45) is 54.5. The van der Waals surface area contributed by atoms with Gasteiger partial charge in [0.1, 0.15) is 20.2 Å². The van der Waals surface area contributed by atoms with Crippen molar-refractivity contribution in [2.24, 2.45) is 0 Å². The Morgan fingerprint density at radius 1 is 0.273 bits per heavy atom. The Kier molecular flexibility index (Phi) is 41.9. The molecule has 0 aliphatic heterocycles. The summed E-state index contributed by atoms with van der Waals surface area (Å²) in [5.41, 5.74) is 4.03. The van der Waals surface area contributed by atoms with Crippen molar-refractivity contribution in [3.8, 4) is 0 Å². The third kappa shape index (κ3) is 30.9. The van der Waals surface area contributed by atoms with Gasteiger partial charge in [-0.25, -0.2) is 16.8 Å². The number of hydrogen-bond acceptors (Lipinski definition) is 6. The first kappa shape index (κ1) is 71.6. The Morgan fingerprint density at radius 2 is 0.494 bits per heavy atom. The van der Waals surface area contributed by atoms with E-state index in [0.29, 0.717) is 12.8 Å². The second-order valence-corrected chi connectivity index (χ2v) is 25.4. The van der Waals surface area contributed by atoms with Gasteiger partial charge in [0.25, 0.3) is 0 Å². The van der Waals surface area contributed by atoms with Crippen molar-refractivity contribution < 1.29 is 25.9 Å². The number of unbranched alkanes of at least 4 members (excludes halogenated alkanes) is 36. The first-order valence-corrected chi connectivity index (χ1v) is 34.8. The van der Waals surface area contributed by atoms with E-state index in [1.807, 2.05) is 36.4 Å². The van der Waals surface area contributed by atoms with Crippen LogP contribution < -0.4 is 0 Å². The molecule has 0 aromatic heterocycles.